The Kier molecular flexibility index (Phi) is 10.1. The summed E-state index contributed by atoms with van der Waals surface area (Å²) in [6.45, 7) is 12.5. The molecule has 2 aromatic carbocycles. The van der Waals surface area contributed by atoms with Crippen LogP contribution in [0.2, 0.25) is 0 Å². The van der Waals surface area contributed by atoms with Crippen LogP contribution in [0.1, 0.15) is 73.9 Å². The quantitative estimate of drug-likeness (QED) is 0.286. The van der Waals surface area contributed by atoms with Crippen LogP contribution in [-0.2, 0) is 14.8 Å². The van der Waals surface area contributed by atoms with Gasteiger partial charge in [0.25, 0.3) is 15.9 Å². The second kappa shape index (κ2) is 14.1. The molecule has 1 aromatic heterocycles. The molecular weight excluding hydrogens is 627 g/mol. The zero-order valence-electron chi connectivity index (χ0n) is 28.9. The van der Waals surface area contributed by atoms with Gasteiger partial charge in [-0.25, -0.2) is 18.1 Å². The summed E-state index contributed by atoms with van der Waals surface area (Å²) < 4.78 is 41.6. The number of rotatable bonds is 8. The molecule has 1 saturated heterocycles. The average Bonchev–Trinajstić information content (AvgIpc) is 3.03. The molecule has 1 aliphatic carbocycles. The van der Waals surface area contributed by atoms with E-state index in [1.54, 1.807) is 25.3 Å². The van der Waals surface area contributed by atoms with E-state index in [1.807, 2.05) is 36.9 Å². The predicted octanol–water partition coefficient (Wildman–Crippen LogP) is 6.09. The zero-order valence-corrected chi connectivity index (χ0v) is 29.7. The first kappa shape index (κ1) is 34.3. The van der Waals surface area contributed by atoms with Crippen molar-refractivity contribution in [2.75, 3.05) is 44.7 Å². The number of hydrogen-bond donors (Lipinski definition) is 1. The minimum absolute atomic E-state index is 0.0116. The van der Waals surface area contributed by atoms with Crippen LogP contribution in [0.25, 0.3) is 11.3 Å². The van der Waals surface area contributed by atoms with Crippen molar-refractivity contribution in [3.8, 4) is 17.1 Å². The highest BCUT2D eigenvalue weighted by molar-refractivity contribution is 7.92. The Morgan fingerprint density at radius 1 is 1.04 bits per heavy atom. The van der Waals surface area contributed by atoms with Crippen molar-refractivity contribution in [3.63, 3.8) is 0 Å². The number of carbonyl (C=O) groups excluding carboxylic acids is 1. The lowest BCUT2D eigenvalue weighted by Crippen LogP contribution is -2.60. The number of nitrogens with zero attached hydrogens (tertiary/aromatic N) is 4. The maximum Gasteiger partial charge on any atom is 0.264 e. The van der Waals surface area contributed by atoms with Crippen molar-refractivity contribution >= 4 is 21.9 Å². The minimum atomic E-state index is -4.11. The van der Waals surface area contributed by atoms with Crippen molar-refractivity contribution in [1.82, 2.24) is 19.8 Å². The van der Waals surface area contributed by atoms with Crippen LogP contribution in [-0.4, -0.2) is 86.1 Å². The Morgan fingerprint density at radius 2 is 1.75 bits per heavy atom. The van der Waals surface area contributed by atoms with Gasteiger partial charge in [0.05, 0.1) is 16.6 Å². The Labute approximate surface area is 285 Å². The number of benzene rings is 2. The van der Waals surface area contributed by atoms with Crippen LogP contribution < -0.4 is 9.46 Å². The van der Waals surface area contributed by atoms with Crippen molar-refractivity contribution < 1.29 is 22.7 Å². The van der Waals surface area contributed by atoms with Gasteiger partial charge in [-0.1, -0.05) is 38.1 Å². The van der Waals surface area contributed by atoms with Crippen LogP contribution in [0, 0.1) is 25.2 Å². The minimum Gasteiger partial charge on any atom is -0.475 e. The first-order valence-electron chi connectivity index (χ1n) is 17.2. The standard InChI is InChI=1S/C37H49N5O5S/c1-25(2)19-29-24-47-33-21-32(34-26(3)9-6-10-27(34)4)38-36(39-33)40-48(44,45)31-12-7-11-28(20-31)35(43)42(29)30-22-37(23-30)13-16-41(17-14-37)15-8-18-46-5/h6-7,9-12,20-21,25,29-30H,8,13-19,22-24H2,1-5H3,(H,38,39,40)/t29-/m1/s1. The van der Waals surface area contributed by atoms with E-state index in [2.05, 4.69) is 33.4 Å². The maximum absolute atomic E-state index is 14.5. The molecule has 258 valence electrons. The van der Waals surface area contributed by atoms with E-state index in [0.717, 1.165) is 81.5 Å². The summed E-state index contributed by atoms with van der Waals surface area (Å²) in [6, 6.07) is 13.9. The van der Waals surface area contributed by atoms with Gasteiger partial charge >= 0.3 is 0 Å². The number of ether oxygens (including phenoxy) is 2. The largest absolute Gasteiger partial charge is 0.475 e. The van der Waals surface area contributed by atoms with Crippen LogP contribution in [0.5, 0.6) is 5.88 Å². The average molecular weight is 676 g/mol. The number of sulfonamides is 1. The van der Waals surface area contributed by atoms with E-state index in [-0.39, 0.29) is 46.7 Å². The molecular formula is C37H49N5O5S. The number of methoxy groups -OCH3 is 1. The molecule has 10 nitrogen and oxygen atoms in total. The summed E-state index contributed by atoms with van der Waals surface area (Å²) in [7, 11) is -2.36. The molecule has 48 heavy (non-hydrogen) atoms. The first-order chi connectivity index (χ1) is 23.0. The predicted molar refractivity (Wildman–Crippen MR) is 187 cm³/mol. The number of hydrogen-bond acceptors (Lipinski definition) is 8. The number of nitrogens with one attached hydrogen (secondary N) is 1. The number of fused-ring (bicyclic) bond motifs is 4. The molecule has 0 unspecified atom stereocenters. The van der Waals surface area contributed by atoms with Gasteiger partial charge in [-0.3, -0.25) is 4.79 Å². The molecule has 1 amide bonds. The lowest BCUT2D eigenvalue weighted by atomic mass is 9.59. The highest BCUT2D eigenvalue weighted by Crippen LogP contribution is 2.52. The van der Waals surface area contributed by atoms with Gasteiger partial charge in [0.2, 0.25) is 11.8 Å². The molecule has 0 radical (unpaired) electrons. The second-order valence-electron chi connectivity index (χ2n) is 14.4. The van der Waals surface area contributed by atoms with Crippen molar-refractivity contribution in [3.05, 3.63) is 65.2 Å². The smallest absolute Gasteiger partial charge is 0.264 e. The Balaban J connectivity index is 1.35. The van der Waals surface area contributed by atoms with E-state index >= 15 is 0 Å². The molecule has 3 heterocycles. The van der Waals surface area contributed by atoms with Gasteiger partial charge in [-0.15, -0.1) is 0 Å². The van der Waals surface area contributed by atoms with Crippen molar-refractivity contribution in [1.29, 1.82) is 0 Å². The van der Waals surface area contributed by atoms with Crippen LogP contribution in [0.3, 0.4) is 0 Å². The van der Waals surface area contributed by atoms with Crippen LogP contribution >= 0.6 is 0 Å². The van der Waals surface area contributed by atoms with Crippen molar-refractivity contribution in [2.24, 2.45) is 11.3 Å². The zero-order chi connectivity index (χ0) is 34.1. The van der Waals surface area contributed by atoms with Gasteiger partial charge < -0.3 is 19.3 Å². The van der Waals surface area contributed by atoms with Gasteiger partial charge in [0, 0.05) is 43.5 Å². The fourth-order valence-corrected chi connectivity index (χ4v) is 8.85. The number of piperidine rings is 1. The van der Waals surface area contributed by atoms with Gasteiger partial charge in [-0.05, 0) is 106 Å². The van der Waals surface area contributed by atoms with E-state index < -0.39 is 10.0 Å². The molecule has 4 bridgehead atoms. The maximum atomic E-state index is 14.5. The Morgan fingerprint density at radius 3 is 2.44 bits per heavy atom. The molecule has 6 rings (SSSR count). The van der Waals surface area contributed by atoms with Gasteiger partial charge in [0.1, 0.15) is 6.61 Å². The fourth-order valence-electron chi connectivity index (χ4n) is 7.86. The lowest BCUT2D eigenvalue weighted by Gasteiger charge is -2.56. The van der Waals surface area contributed by atoms with Crippen LogP contribution in [0.4, 0.5) is 5.95 Å². The number of aryl methyl sites for hydroxylation is 2. The third-order valence-corrected chi connectivity index (χ3v) is 11.6. The number of carbonyl (C=O) groups is 1. The summed E-state index contributed by atoms with van der Waals surface area (Å²) >= 11 is 0. The molecule has 2 fully saturated rings. The second-order valence-corrected chi connectivity index (χ2v) is 16.1. The number of aromatic nitrogens is 2. The summed E-state index contributed by atoms with van der Waals surface area (Å²) in [4.78, 5) is 28.2. The molecule has 3 aliphatic rings. The molecule has 3 aromatic rings. The Bertz CT molecular complexity index is 1710. The van der Waals surface area contributed by atoms with E-state index in [0.29, 0.717) is 17.2 Å². The van der Waals surface area contributed by atoms with E-state index in [9.17, 15) is 13.2 Å². The highest BCUT2D eigenvalue weighted by Gasteiger charge is 2.50. The van der Waals surface area contributed by atoms with Crippen LogP contribution in [0.15, 0.2) is 53.4 Å². The monoisotopic (exact) mass is 675 g/mol. The lowest BCUT2D eigenvalue weighted by molar-refractivity contribution is -0.0531. The molecule has 1 saturated carbocycles. The summed E-state index contributed by atoms with van der Waals surface area (Å²) in [5.41, 5.74) is 4.06. The summed E-state index contributed by atoms with van der Waals surface area (Å²) in [5, 5.41) is 0. The van der Waals surface area contributed by atoms with Gasteiger partial charge in [-0.2, -0.15) is 4.98 Å². The number of likely N-dealkylation sites (tertiary alicyclic amines) is 1. The third kappa shape index (κ3) is 7.38. The molecule has 1 spiro atoms. The number of amides is 1. The normalized spacial score (nSPS) is 21.1. The van der Waals surface area contributed by atoms with Gasteiger partial charge in [0.15, 0.2) is 0 Å². The molecule has 1 atom stereocenters. The Hall–Kier alpha value is -3.54. The molecule has 1 N–H and O–H groups in total. The fraction of sp³-hybridized carbons (Fsp3) is 0.541. The topological polar surface area (TPSA) is 114 Å². The summed E-state index contributed by atoms with van der Waals surface area (Å²) in [6.07, 6.45) is 5.89. The summed E-state index contributed by atoms with van der Waals surface area (Å²) in [5.74, 6) is 0.325. The van der Waals surface area contributed by atoms with E-state index in [1.165, 1.54) is 12.1 Å². The molecule has 11 heteroatoms. The van der Waals surface area contributed by atoms with Crippen molar-refractivity contribution in [2.45, 2.75) is 83.2 Å². The number of anilines is 1. The van der Waals surface area contributed by atoms with E-state index in [4.69, 9.17) is 9.47 Å². The SMILES string of the molecule is COCCCN1CCC2(CC1)CC(N1C(=O)c3cccc(c3)S(=O)(=O)Nc3nc(cc(-c4c(C)cccc4C)n3)OC[C@H]1CC(C)C)C2. The third-order valence-electron chi connectivity index (χ3n) is 10.3. The first-order valence-corrected chi connectivity index (χ1v) is 18.7. The highest BCUT2D eigenvalue weighted by atomic mass is 32.2. The molecule has 2 aliphatic heterocycles.